The molecule has 0 radical (unpaired) electrons. The molecule has 0 saturated heterocycles. The number of amides is 1. The minimum atomic E-state index is -1.15. The average molecular weight is 262 g/mol. The summed E-state index contributed by atoms with van der Waals surface area (Å²) in [5.74, 6) is -0.480. The lowest BCUT2D eigenvalue weighted by molar-refractivity contribution is 0.0690. The second kappa shape index (κ2) is 4.19. The molecule has 0 aromatic carbocycles. The number of nitrogens with zero attached hydrogens (tertiary/aromatic N) is 3. The highest BCUT2D eigenvalue weighted by Crippen LogP contribution is 2.37. The molecule has 1 amide bonds. The Morgan fingerprint density at radius 1 is 1.32 bits per heavy atom. The fourth-order valence-corrected chi connectivity index (χ4v) is 1.58. The number of carboxylic acid groups (broad SMARTS) is 1. The van der Waals surface area contributed by atoms with Crippen LogP contribution in [0.1, 0.15) is 45.7 Å². The second-order valence-electron chi connectivity index (χ2n) is 4.24. The number of anilines is 1. The van der Waals surface area contributed by atoms with Gasteiger partial charge in [-0.05, 0) is 12.8 Å². The highest BCUT2D eigenvalue weighted by molar-refractivity contribution is 6.01. The third kappa shape index (κ3) is 2.30. The van der Waals surface area contributed by atoms with Crippen molar-refractivity contribution in [3.05, 3.63) is 23.4 Å². The molecular formula is C10H10N6O3. The topological polar surface area (TPSA) is 137 Å². The molecule has 3 rings (SSSR count). The van der Waals surface area contributed by atoms with E-state index in [0.29, 0.717) is 11.7 Å². The van der Waals surface area contributed by atoms with E-state index in [2.05, 4.69) is 30.7 Å². The molecule has 0 aliphatic heterocycles. The van der Waals surface area contributed by atoms with E-state index < -0.39 is 11.9 Å². The number of H-pyrrole nitrogens is 2. The van der Waals surface area contributed by atoms with Gasteiger partial charge < -0.3 is 10.4 Å². The van der Waals surface area contributed by atoms with Crippen LogP contribution in [0.4, 0.5) is 5.82 Å². The largest absolute Gasteiger partial charge is 0.477 e. The summed E-state index contributed by atoms with van der Waals surface area (Å²) in [6.07, 6.45) is 2.11. The highest BCUT2D eigenvalue weighted by atomic mass is 16.4. The summed E-state index contributed by atoms with van der Waals surface area (Å²) in [7, 11) is 0. The van der Waals surface area contributed by atoms with Crippen molar-refractivity contribution in [3.8, 4) is 0 Å². The van der Waals surface area contributed by atoms with Crippen LogP contribution in [-0.4, -0.2) is 42.4 Å². The quantitative estimate of drug-likeness (QED) is 0.627. The molecule has 0 atom stereocenters. The van der Waals surface area contributed by atoms with Crippen LogP contribution in [0.15, 0.2) is 6.07 Å². The van der Waals surface area contributed by atoms with E-state index in [1.807, 2.05) is 0 Å². The molecule has 1 saturated carbocycles. The molecule has 9 nitrogen and oxygen atoms in total. The van der Waals surface area contributed by atoms with Gasteiger partial charge in [0.05, 0.1) is 0 Å². The summed E-state index contributed by atoms with van der Waals surface area (Å²) in [6.45, 7) is 0. The molecule has 0 spiro atoms. The number of hydrogen-bond donors (Lipinski definition) is 4. The predicted octanol–water partition coefficient (Wildman–Crippen LogP) is 0.356. The first-order valence-corrected chi connectivity index (χ1v) is 5.66. The molecule has 2 heterocycles. The molecule has 0 unspecified atom stereocenters. The molecular weight excluding hydrogens is 252 g/mol. The van der Waals surface area contributed by atoms with Gasteiger partial charge in [0.2, 0.25) is 5.82 Å². The van der Waals surface area contributed by atoms with Crippen LogP contribution >= 0.6 is 0 Å². The third-order valence-corrected chi connectivity index (χ3v) is 2.72. The number of carbonyl (C=O) groups is 2. The van der Waals surface area contributed by atoms with E-state index in [1.165, 1.54) is 6.07 Å². The summed E-state index contributed by atoms with van der Waals surface area (Å²) in [5, 5.41) is 23.6. The van der Waals surface area contributed by atoms with Gasteiger partial charge in [0.1, 0.15) is 11.5 Å². The zero-order valence-corrected chi connectivity index (χ0v) is 9.67. The zero-order valence-electron chi connectivity index (χ0n) is 9.67. The number of nitrogens with one attached hydrogen (secondary N) is 3. The van der Waals surface area contributed by atoms with Gasteiger partial charge in [0, 0.05) is 12.0 Å². The van der Waals surface area contributed by atoms with Gasteiger partial charge in [-0.2, -0.15) is 5.10 Å². The summed E-state index contributed by atoms with van der Waals surface area (Å²) in [4.78, 5) is 26.5. The average Bonchev–Trinajstić information content (AvgIpc) is 2.92. The Morgan fingerprint density at radius 2 is 2.11 bits per heavy atom. The van der Waals surface area contributed by atoms with Gasteiger partial charge in [-0.3, -0.25) is 15.0 Å². The number of aromatic nitrogens is 5. The first kappa shape index (κ1) is 11.4. The van der Waals surface area contributed by atoms with Crippen LogP contribution in [-0.2, 0) is 0 Å². The normalized spacial score (nSPS) is 14.3. The van der Waals surface area contributed by atoms with Gasteiger partial charge in [-0.25, -0.2) is 9.78 Å². The fraction of sp³-hybridized carbons (Fsp3) is 0.300. The number of rotatable bonds is 4. The van der Waals surface area contributed by atoms with Crippen LogP contribution in [0.2, 0.25) is 0 Å². The number of carboxylic acids is 1. The van der Waals surface area contributed by atoms with Gasteiger partial charge >= 0.3 is 5.97 Å². The Morgan fingerprint density at radius 3 is 2.74 bits per heavy atom. The SMILES string of the molecule is O=C(Nc1cc(C(=O)O)[nH]n1)c1n[nH]c(C2CC2)n1. The number of aromatic carboxylic acids is 1. The monoisotopic (exact) mass is 262 g/mol. The lowest BCUT2D eigenvalue weighted by Crippen LogP contribution is -2.14. The van der Waals surface area contributed by atoms with Crippen LogP contribution < -0.4 is 5.32 Å². The number of aromatic amines is 2. The van der Waals surface area contributed by atoms with Crippen molar-refractivity contribution in [2.24, 2.45) is 0 Å². The molecule has 1 aliphatic rings. The molecule has 19 heavy (non-hydrogen) atoms. The van der Waals surface area contributed by atoms with Crippen LogP contribution in [0, 0.1) is 0 Å². The Kier molecular flexibility index (Phi) is 2.51. The van der Waals surface area contributed by atoms with E-state index in [0.717, 1.165) is 12.8 Å². The van der Waals surface area contributed by atoms with Crippen molar-refractivity contribution in [2.45, 2.75) is 18.8 Å². The predicted molar refractivity (Wildman–Crippen MR) is 61.9 cm³/mol. The minimum Gasteiger partial charge on any atom is -0.477 e. The van der Waals surface area contributed by atoms with E-state index in [1.54, 1.807) is 0 Å². The number of hydrogen-bond acceptors (Lipinski definition) is 5. The van der Waals surface area contributed by atoms with Gasteiger partial charge in [0.15, 0.2) is 5.82 Å². The van der Waals surface area contributed by atoms with Crippen LogP contribution in [0.3, 0.4) is 0 Å². The van der Waals surface area contributed by atoms with Crippen LogP contribution in [0.5, 0.6) is 0 Å². The molecule has 9 heteroatoms. The summed E-state index contributed by atoms with van der Waals surface area (Å²) >= 11 is 0. The van der Waals surface area contributed by atoms with Crippen molar-refractivity contribution in [1.82, 2.24) is 25.4 Å². The maximum absolute atomic E-state index is 11.8. The van der Waals surface area contributed by atoms with E-state index in [-0.39, 0.29) is 17.3 Å². The van der Waals surface area contributed by atoms with Crippen molar-refractivity contribution in [3.63, 3.8) is 0 Å². The Bertz CT molecular complexity index is 641. The maximum atomic E-state index is 11.8. The van der Waals surface area contributed by atoms with E-state index in [4.69, 9.17) is 5.11 Å². The Balaban J connectivity index is 1.70. The summed E-state index contributed by atoms with van der Waals surface area (Å²) in [5.41, 5.74) is -0.107. The smallest absolute Gasteiger partial charge is 0.353 e. The molecule has 4 N–H and O–H groups in total. The summed E-state index contributed by atoms with van der Waals surface area (Å²) in [6, 6.07) is 1.22. The zero-order chi connectivity index (χ0) is 13.4. The highest BCUT2D eigenvalue weighted by Gasteiger charge is 2.28. The molecule has 2 aromatic heterocycles. The lowest BCUT2D eigenvalue weighted by Gasteiger charge is -1.95. The maximum Gasteiger partial charge on any atom is 0.353 e. The summed E-state index contributed by atoms with van der Waals surface area (Å²) < 4.78 is 0. The Labute approximate surface area is 106 Å². The molecule has 1 fully saturated rings. The first-order chi connectivity index (χ1) is 9.13. The van der Waals surface area contributed by atoms with Crippen molar-refractivity contribution >= 4 is 17.7 Å². The van der Waals surface area contributed by atoms with Gasteiger partial charge in [-0.1, -0.05) is 0 Å². The van der Waals surface area contributed by atoms with Crippen molar-refractivity contribution < 1.29 is 14.7 Å². The molecule has 98 valence electrons. The van der Waals surface area contributed by atoms with Crippen LogP contribution in [0.25, 0.3) is 0 Å². The van der Waals surface area contributed by atoms with E-state index in [9.17, 15) is 9.59 Å². The lowest BCUT2D eigenvalue weighted by atomic mass is 10.4. The third-order valence-electron chi connectivity index (χ3n) is 2.72. The number of carbonyl (C=O) groups excluding carboxylic acids is 1. The molecule has 2 aromatic rings. The van der Waals surface area contributed by atoms with Crippen molar-refractivity contribution in [2.75, 3.05) is 5.32 Å². The molecule has 0 bridgehead atoms. The Hall–Kier alpha value is -2.71. The fourth-order valence-electron chi connectivity index (χ4n) is 1.58. The second-order valence-corrected chi connectivity index (χ2v) is 4.24. The van der Waals surface area contributed by atoms with E-state index >= 15 is 0 Å². The van der Waals surface area contributed by atoms with Gasteiger partial charge in [-0.15, -0.1) is 5.10 Å². The molecule has 1 aliphatic carbocycles. The van der Waals surface area contributed by atoms with Gasteiger partial charge in [0.25, 0.3) is 5.91 Å². The first-order valence-electron chi connectivity index (χ1n) is 5.66. The van der Waals surface area contributed by atoms with Crippen molar-refractivity contribution in [1.29, 1.82) is 0 Å². The standard InChI is InChI=1S/C10H10N6O3/c17-9(8-12-7(15-16-8)4-1-2-4)11-6-3-5(10(18)19)13-14-6/h3-4H,1-2H2,(H,18,19)(H,12,15,16)(H2,11,13,14,17). The minimum absolute atomic E-state index is 0.0155.